The molecule has 1 amide bonds. The standard InChI is InChI=1S/C32H36ClN7O3/c1-5-42-30-16-28-25(15-27(30)38-31(41)10-7-13-39(2)3)32(21(17-34)19-40(28)4)37-22-11-12-29(26(33)14-22)43-20-24-9-6-8-23(18-35)36-24/h6,8-9,11-12,14-16,21,32,37H,5,7,10,13,19-20H2,1-4H3,(H,38,41). The molecule has 0 spiro atoms. The van der Waals surface area contributed by atoms with Gasteiger partial charge >= 0.3 is 0 Å². The van der Waals surface area contributed by atoms with Crippen molar-refractivity contribution in [3.63, 3.8) is 0 Å². The Bertz CT molecular complexity index is 1530. The number of nitriles is 2. The van der Waals surface area contributed by atoms with Gasteiger partial charge in [0, 0.05) is 43.0 Å². The lowest BCUT2D eigenvalue weighted by molar-refractivity contribution is -0.116. The van der Waals surface area contributed by atoms with E-state index in [2.05, 4.69) is 21.7 Å². The highest BCUT2D eigenvalue weighted by Gasteiger charge is 2.34. The van der Waals surface area contributed by atoms with E-state index < -0.39 is 0 Å². The molecule has 43 heavy (non-hydrogen) atoms. The number of aromatic nitrogens is 1. The number of hydrogen-bond acceptors (Lipinski definition) is 9. The monoisotopic (exact) mass is 601 g/mol. The number of fused-ring (bicyclic) bond motifs is 1. The third-order valence-corrected chi connectivity index (χ3v) is 7.34. The van der Waals surface area contributed by atoms with Gasteiger partial charge in [0.25, 0.3) is 0 Å². The number of anilines is 3. The van der Waals surface area contributed by atoms with E-state index in [4.69, 9.17) is 26.3 Å². The number of benzene rings is 2. The summed E-state index contributed by atoms with van der Waals surface area (Å²) in [5.41, 5.74) is 4.00. The smallest absolute Gasteiger partial charge is 0.224 e. The number of nitrogens with one attached hydrogen (secondary N) is 2. The highest BCUT2D eigenvalue weighted by atomic mass is 35.5. The molecule has 224 valence electrons. The van der Waals surface area contributed by atoms with E-state index in [-0.39, 0.29) is 24.5 Å². The number of pyridine rings is 1. The van der Waals surface area contributed by atoms with Crippen LogP contribution in [-0.4, -0.2) is 56.6 Å². The van der Waals surface area contributed by atoms with E-state index >= 15 is 0 Å². The van der Waals surface area contributed by atoms with Gasteiger partial charge in [-0.3, -0.25) is 4.79 Å². The Balaban J connectivity index is 1.57. The zero-order valence-corrected chi connectivity index (χ0v) is 25.6. The molecule has 0 fully saturated rings. The Morgan fingerprint density at radius 2 is 1.98 bits per heavy atom. The molecule has 2 aromatic carbocycles. The van der Waals surface area contributed by atoms with Crippen molar-refractivity contribution in [1.29, 1.82) is 10.5 Å². The quantitative estimate of drug-likeness (QED) is 0.272. The lowest BCUT2D eigenvalue weighted by atomic mass is 9.87. The normalized spacial score (nSPS) is 15.7. The molecule has 0 saturated heterocycles. The molecule has 1 aromatic heterocycles. The van der Waals surface area contributed by atoms with Gasteiger partial charge in [-0.05, 0) is 70.4 Å². The number of carbonyl (C=O) groups excluding carboxylic acids is 1. The Kier molecular flexibility index (Phi) is 10.7. The first-order valence-electron chi connectivity index (χ1n) is 14.1. The highest BCUT2D eigenvalue weighted by molar-refractivity contribution is 6.32. The van der Waals surface area contributed by atoms with Crippen molar-refractivity contribution < 1.29 is 14.3 Å². The van der Waals surface area contributed by atoms with E-state index in [0.29, 0.717) is 58.9 Å². The molecular formula is C32H36ClN7O3. The van der Waals surface area contributed by atoms with Crippen molar-refractivity contribution in [3.05, 3.63) is 70.5 Å². The van der Waals surface area contributed by atoms with Gasteiger partial charge in [-0.2, -0.15) is 10.5 Å². The summed E-state index contributed by atoms with van der Waals surface area (Å²) < 4.78 is 11.8. The fraction of sp³-hybridized carbons (Fsp3) is 0.375. The lowest BCUT2D eigenvalue weighted by Gasteiger charge is -2.38. The van der Waals surface area contributed by atoms with E-state index in [1.54, 1.807) is 30.3 Å². The predicted molar refractivity (Wildman–Crippen MR) is 168 cm³/mol. The summed E-state index contributed by atoms with van der Waals surface area (Å²) in [6.07, 6.45) is 1.12. The van der Waals surface area contributed by atoms with Crippen LogP contribution in [-0.2, 0) is 11.4 Å². The number of ether oxygens (including phenoxy) is 2. The number of halogens is 1. The predicted octanol–water partition coefficient (Wildman–Crippen LogP) is 5.61. The van der Waals surface area contributed by atoms with Gasteiger partial charge in [-0.1, -0.05) is 17.7 Å². The maximum atomic E-state index is 12.8. The molecular weight excluding hydrogens is 566 g/mol. The zero-order chi connectivity index (χ0) is 30.9. The highest BCUT2D eigenvalue weighted by Crippen LogP contribution is 2.44. The number of carbonyl (C=O) groups is 1. The molecule has 10 nitrogen and oxygen atoms in total. The Morgan fingerprint density at radius 1 is 1.16 bits per heavy atom. The fourth-order valence-corrected chi connectivity index (χ4v) is 5.21. The Morgan fingerprint density at radius 3 is 2.67 bits per heavy atom. The minimum Gasteiger partial charge on any atom is -0.492 e. The van der Waals surface area contributed by atoms with Crippen LogP contribution in [0.5, 0.6) is 11.5 Å². The molecule has 0 aliphatic carbocycles. The van der Waals surface area contributed by atoms with Crippen molar-refractivity contribution in [3.8, 4) is 23.6 Å². The maximum Gasteiger partial charge on any atom is 0.224 e. The second kappa shape index (κ2) is 14.6. The molecule has 3 aromatic rings. The molecule has 0 saturated carbocycles. The molecule has 11 heteroatoms. The minimum atomic E-state index is -0.382. The first-order chi connectivity index (χ1) is 20.7. The fourth-order valence-electron chi connectivity index (χ4n) is 4.98. The van der Waals surface area contributed by atoms with Gasteiger partial charge in [0.15, 0.2) is 0 Å². The topological polar surface area (TPSA) is 127 Å². The van der Waals surface area contributed by atoms with E-state index in [9.17, 15) is 10.1 Å². The molecule has 0 bridgehead atoms. The average Bonchev–Trinajstić information content (AvgIpc) is 2.98. The minimum absolute atomic E-state index is 0.0924. The van der Waals surface area contributed by atoms with Crippen LogP contribution in [0.1, 0.15) is 42.8 Å². The van der Waals surface area contributed by atoms with Crippen LogP contribution in [0.15, 0.2) is 48.5 Å². The van der Waals surface area contributed by atoms with Crippen LogP contribution in [0.25, 0.3) is 0 Å². The van der Waals surface area contributed by atoms with Crippen molar-refractivity contribution in [2.45, 2.75) is 32.4 Å². The van der Waals surface area contributed by atoms with Crippen molar-refractivity contribution in [2.75, 3.05) is 56.4 Å². The van der Waals surface area contributed by atoms with E-state index in [1.165, 1.54) is 0 Å². The van der Waals surface area contributed by atoms with Crippen molar-refractivity contribution in [2.24, 2.45) is 5.92 Å². The first-order valence-corrected chi connectivity index (χ1v) is 14.5. The number of amides is 1. The second-order valence-electron chi connectivity index (χ2n) is 10.6. The summed E-state index contributed by atoms with van der Waals surface area (Å²) in [6, 6.07) is 18.4. The Labute approximate surface area is 257 Å². The van der Waals surface area contributed by atoms with E-state index in [0.717, 1.165) is 24.2 Å². The van der Waals surface area contributed by atoms with Crippen molar-refractivity contribution >= 4 is 34.6 Å². The average molecular weight is 602 g/mol. The molecule has 2 heterocycles. The molecule has 1 aliphatic heterocycles. The number of rotatable bonds is 12. The third-order valence-electron chi connectivity index (χ3n) is 7.05. The van der Waals surface area contributed by atoms with Crippen LogP contribution in [0, 0.1) is 28.6 Å². The molecule has 4 rings (SSSR count). The summed E-state index contributed by atoms with van der Waals surface area (Å²) in [4.78, 5) is 21.1. The van der Waals surface area contributed by atoms with Gasteiger partial charge in [0.2, 0.25) is 5.91 Å². The molecule has 2 atom stereocenters. The van der Waals surface area contributed by atoms with Crippen LogP contribution in [0.2, 0.25) is 5.02 Å². The molecule has 0 radical (unpaired) electrons. The second-order valence-corrected chi connectivity index (χ2v) is 11.0. The molecule has 2 N–H and O–H groups in total. The largest absolute Gasteiger partial charge is 0.492 e. The zero-order valence-electron chi connectivity index (χ0n) is 24.9. The first kappa shape index (κ1) is 31.4. The van der Waals surface area contributed by atoms with Gasteiger partial charge in [0.05, 0.1) is 41.0 Å². The van der Waals surface area contributed by atoms with Gasteiger partial charge < -0.3 is 29.9 Å². The summed E-state index contributed by atoms with van der Waals surface area (Å²) in [6.45, 7) is 3.83. The van der Waals surface area contributed by atoms with Crippen LogP contribution in [0.4, 0.5) is 17.1 Å². The summed E-state index contributed by atoms with van der Waals surface area (Å²) in [7, 11) is 5.90. The van der Waals surface area contributed by atoms with Crippen LogP contribution >= 0.6 is 11.6 Å². The van der Waals surface area contributed by atoms with Gasteiger partial charge in [-0.25, -0.2) is 4.98 Å². The van der Waals surface area contributed by atoms with Crippen molar-refractivity contribution in [1.82, 2.24) is 9.88 Å². The van der Waals surface area contributed by atoms with Crippen LogP contribution in [0.3, 0.4) is 0 Å². The van der Waals surface area contributed by atoms with Crippen LogP contribution < -0.4 is 25.0 Å². The van der Waals surface area contributed by atoms with Gasteiger partial charge in [-0.15, -0.1) is 0 Å². The third kappa shape index (κ3) is 8.07. The number of hydrogen-bond donors (Lipinski definition) is 2. The van der Waals surface area contributed by atoms with E-state index in [1.807, 2.05) is 62.1 Å². The lowest BCUT2D eigenvalue weighted by Crippen LogP contribution is -2.37. The molecule has 1 aliphatic rings. The molecule has 2 unspecified atom stereocenters. The summed E-state index contributed by atoms with van der Waals surface area (Å²) in [5, 5.41) is 26.1. The number of nitrogens with zero attached hydrogens (tertiary/aromatic N) is 5. The SMILES string of the molecule is CCOc1cc2c(cc1NC(=O)CCCN(C)C)C(Nc1ccc(OCc3cccc(C#N)n3)c(Cl)c1)C(C#N)CN2C. The summed E-state index contributed by atoms with van der Waals surface area (Å²) >= 11 is 6.59. The maximum absolute atomic E-state index is 12.8. The summed E-state index contributed by atoms with van der Waals surface area (Å²) in [5.74, 6) is 0.581. The van der Waals surface area contributed by atoms with Gasteiger partial charge in [0.1, 0.15) is 29.9 Å². The Hall–Kier alpha value is -4.51.